The Kier molecular flexibility index (Phi) is 4.62. The Morgan fingerprint density at radius 2 is 1.96 bits per heavy atom. The number of nitrogens with one attached hydrogen (secondary N) is 1. The molecule has 8 heteroatoms. The molecule has 0 radical (unpaired) electrons. The number of anilines is 2. The molecule has 3 N–H and O–H groups in total. The van der Waals surface area contributed by atoms with Crippen LogP contribution < -0.4 is 10.2 Å². The van der Waals surface area contributed by atoms with Gasteiger partial charge in [-0.1, -0.05) is 6.07 Å². The highest BCUT2D eigenvalue weighted by Crippen LogP contribution is 2.29. The lowest BCUT2D eigenvalue weighted by Crippen LogP contribution is -2.34. The topological polar surface area (TPSA) is 107 Å². The van der Waals surface area contributed by atoms with Gasteiger partial charge in [-0.15, -0.1) is 0 Å². The van der Waals surface area contributed by atoms with Crippen molar-refractivity contribution in [1.29, 1.82) is 0 Å². The van der Waals surface area contributed by atoms with Gasteiger partial charge in [-0.3, -0.25) is 9.59 Å². The number of aromatic hydroxyl groups is 1. The lowest BCUT2D eigenvalue weighted by atomic mass is 10.1. The molecule has 128 valence electrons. The molecule has 1 atom stereocenters. The highest BCUT2D eigenvalue weighted by atomic mass is 127. The van der Waals surface area contributed by atoms with E-state index in [2.05, 4.69) is 27.9 Å². The molecule has 1 aliphatic heterocycles. The summed E-state index contributed by atoms with van der Waals surface area (Å²) in [5.74, 6) is -2.66. The molecule has 1 saturated heterocycles. The standard InChI is InChI=1S/C17H13IN2O5/c18-9-2-1-3-10(6-9)19-13-8-15(22)20(16(13)23)11-4-5-12(17(24)25)14(21)7-11/h1-7,13,19,21H,8H2,(H,24,25). The zero-order valence-electron chi connectivity index (χ0n) is 12.8. The molecular weight excluding hydrogens is 439 g/mol. The Bertz CT molecular complexity index is 883. The quantitative estimate of drug-likeness (QED) is 0.486. The van der Waals surface area contributed by atoms with Gasteiger partial charge in [0.15, 0.2) is 0 Å². The number of rotatable bonds is 4. The van der Waals surface area contributed by atoms with E-state index in [1.54, 1.807) is 6.07 Å². The number of carbonyl (C=O) groups is 3. The summed E-state index contributed by atoms with van der Waals surface area (Å²) < 4.78 is 0.991. The van der Waals surface area contributed by atoms with Crippen LogP contribution in [-0.4, -0.2) is 34.0 Å². The van der Waals surface area contributed by atoms with Crippen LogP contribution >= 0.6 is 22.6 Å². The van der Waals surface area contributed by atoms with E-state index in [4.69, 9.17) is 5.11 Å². The summed E-state index contributed by atoms with van der Waals surface area (Å²) in [5.41, 5.74) is 0.574. The summed E-state index contributed by atoms with van der Waals surface area (Å²) in [6.45, 7) is 0. The first-order valence-electron chi connectivity index (χ1n) is 7.32. The summed E-state index contributed by atoms with van der Waals surface area (Å²) in [4.78, 5) is 36.7. The fourth-order valence-corrected chi connectivity index (χ4v) is 3.18. The van der Waals surface area contributed by atoms with Gasteiger partial charge in [0.25, 0.3) is 5.91 Å². The van der Waals surface area contributed by atoms with Crippen LogP contribution in [0.3, 0.4) is 0 Å². The maximum Gasteiger partial charge on any atom is 0.339 e. The number of amides is 2. The van der Waals surface area contributed by atoms with Crippen molar-refractivity contribution in [2.75, 3.05) is 10.2 Å². The number of aromatic carboxylic acids is 1. The van der Waals surface area contributed by atoms with E-state index in [0.717, 1.165) is 26.3 Å². The first-order chi connectivity index (χ1) is 11.9. The van der Waals surface area contributed by atoms with E-state index in [1.807, 2.05) is 18.2 Å². The first-order valence-corrected chi connectivity index (χ1v) is 8.40. The normalized spacial score (nSPS) is 17.0. The van der Waals surface area contributed by atoms with E-state index >= 15 is 0 Å². The second-order valence-corrected chi connectivity index (χ2v) is 6.73. The van der Waals surface area contributed by atoms with Gasteiger partial charge in [-0.2, -0.15) is 0 Å². The van der Waals surface area contributed by atoms with Crippen molar-refractivity contribution >= 4 is 51.7 Å². The van der Waals surface area contributed by atoms with Gasteiger partial charge in [0.1, 0.15) is 17.4 Å². The minimum absolute atomic E-state index is 0.0221. The van der Waals surface area contributed by atoms with Gasteiger partial charge in [-0.05, 0) is 52.9 Å². The number of carboxylic acids is 1. The molecule has 2 aromatic carbocycles. The Morgan fingerprint density at radius 1 is 1.20 bits per heavy atom. The average Bonchev–Trinajstić information content (AvgIpc) is 2.81. The number of nitrogens with zero attached hydrogens (tertiary/aromatic N) is 1. The Labute approximate surface area is 156 Å². The van der Waals surface area contributed by atoms with E-state index in [1.165, 1.54) is 6.07 Å². The largest absolute Gasteiger partial charge is 0.507 e. The lowest BCUT2D eigenvalue weighted by Gasteiger charge is -2.17. The third-order valence-electron chi connectivity index (χ3n) is 3.78. The SMILES string of the molecule is O=C(O)c1ccc(N2C(=O)CC(Nc3cccc(I)c3)C2=O)cc1O. The first kappa shape index (κ1) is 17.2. The molecule has 2 aromatic rings. The lowest BCUT2D eigenvalue weighted by molar-refractivity contribution is -0.121. The molecule has 1 fully saturated rings. The predicted octanol–water partition coefficient (Wildman–Crippen LogP) is 2.44. The molecule has 1 unspecified atom stereocenters. The second-order valence-electron chi connectivity index (χ2n) is 5.49. The molecule has 0 aliphatic carbocycles. The summed E-state index contributed by atoms with van der Waals surface area (Å²) in [7, 11) is 0. The van der Waals surface area contributed by atoms with Crippen molar-refractivity contribution in [3.05, 3.63) is 51.6 Å². The second kappa shape index (κ2) is 6.71. The fourth-order valence-electron chi connectivity index (χ4n) is 2.64. The smallest absolute Gasteiger partial charge is 0.339 e. The number of halogens is 1. The third kappa shape index (κ3) is 3.43. The molecule has 0 saturated carbocycles. The zero-order valence-corrected chi connectivity index (χ0v) is 14.9. The number of hydrogen-bond acceptors (Lipinski definition) is 5. The molecule has 0 spiro atoms. The molecule has 0 aromatic heterocycles. The average molecular weight is 452 g/mol. The van der Waals surface area contributed by atoms with Crippen LogP contribution in [0.2, 0.25) is 0 Å². The molecule has 1 aliphatic rings. The zero-order chi connectivity index (χ0) is 18.1. The Balaban J connectivity index is 1.84. The summed E-state index contributed by atoms with van der Waals surface area (Å²) in [5, 5.41) is 21.7. The summed E-state index contributed by atoms with van der Waals surface area (Å²) in [6.07, 6.45) is -0.0221. The number of carbonyl (C=O) groups excluding carboxylic acids is 2. The number of benzene rings is 2. The molecule has 0 bridgehead atoms. The minimum Gasteiger partial charge on any atom is -0.507 e. The van der Waals surface area contributed by atoms with Crippen molar-refractivity contribution in [3.8, 4) is 5.75 Å². The maximum atomic E-state index is 12.6. The van der Waals surface area contributed by atoms with Crippen molar-refractivity contribution in [2.45, 2.75) is 12.5 Å². The number of imide groups is 1. The van der Waals surface area contributed by atoms with Gasteiger partial charge in [0.05, 0.1) is 12.1 Å². The third-order valence-corrected chi connectivity index (χ3v) is 4.45. The van der Waals surface area contributed by atoms with Crippen LogP contribution in [0, 0.1) is 3.57 Å². The maximum absolute atomic E-state index is 12.6. The van der Waals surface area contributed by atoms with Crippen LogP contribution in [0.5, 0.6) is 5.75 Å². The molecule has 3 rings (SSSR count). The molecule has 25 heavy (non-hydrogen) atoms. The van der Waals surface area contributed by atoms with Gasteiger partial charge in [0.2, 0.25) is 5.91 Å². The van der Waals surface area contributed by atoms with E-state index in [0.29, 0.717) is 0 Å². The number of carboxylic acid groups (broad SMARTS) is 1. The molecule has 1 heterocycles. The number of hydrogen-bond donors (Lipinski definition) is 3. The molecular formula is C17H13IN2O5. The monoisotopic (exact) mass is 452 g/mol. The van der Waals surface area contributed by atoms with Crippen molar-refractivity contribution < 1.29 is 24.6 Å². The van der Waals surface area contributed by atoms with E-state index in [9.17, 15) is 19.5 Å². The van der Waals surface area contributed by atoms with Crippen LogP contribution in [0.1, 0.15) is 16.8 Å². The van der Waals surface area contributed by atoms with Gasteiger partial charge >= 0.3 is 5.97 Å². The predicted molar refractivity (Wildman–Crippen MR) is 98.7 cm³/mol. The van der Waals surface area contributed by atoms with Crippen LogP contribution in [0.4, 0.5) is 11.4 Å². The van der Waals surface area contributed by atoms with Crippen molar-refractivity contribution in [3.63, 3.8) is 0 Å². The van der Waals surface area contributed by atoms with Crippen LogP contribution in [0.25, 0.3) is 0 Å². The highest BCUT2D eigenvalue weighted by molar-refractivity contribution is 14.1. The summed E-state index contributed by atoms with van der Waals surface area (Å²) in [6, 6.07) is 10.3. The molecule has 2 amide bonds. The van der Waals surface area contributed by atoms with Gasteiger partial charge in [0, 0.05) is 15.3 Å². The number of phenols is 1. The van der Waals surface area contributed by atoms with E-state index in [-0.39, 0.29) is 17.7 Å². The minimum atomic E-state index is -1.29. The fraction of sp³-hybridized carbons (Fsp3) is 0.118. The Morgan fingerprint density at radius 3 is 2.60 bits per heavy atom. The molecule has 7 nitrogen and oxygen atoms in total. The summed E-state index contributed by atoms with van der Waals surface area (Å²) >= 11 is 2.15. The van der Waals surface area contributed by atoms with E-state index < -0.39 is 29.6 Å². The van der Waals surface area contributed by atoms with Crippen molar-refractivity contribution in [2.24, 2.45) is 0 Å². The highest BCUT2D eigenvalue weighted by Gasteiger charge is 2.39. The van der Waals surface area contributed by atoms with Crippen molar-refractivity contribution in [1.82, 2.24) is 0 Å². The van der Waals surface area contributed by atoms with Crippen LogP contribution in [-0.2, 0) is 9.59 Å². The van der Waals surface area contributed by atoms with Gasteiger partial charge in [-0.25, -0.2) is 9.69 Å². The van der Waals surface area contributed by atoms with Gasteiger partial charge < -0.3 is 15.5 Å². The Hall–Kier alpha value is -2.62. The van der Waals surface area contributed by atoms with Crippen LogP contribution in [0.15, 0.2) is 42.5 Å².